The Hall–Kier alpha value is -1.69. The number of hydrogen-bond donors (Lipinski definition) is 0. The second-order valence-electron chi connectivity index (χ2n) is 5.88. The lowest BCUT2D eigenvalue weighted by molar-refractivity contribution is -0.133. The average molecular weight is 290 g/mol. The van der Waals surface area contributed by atoms with E-state index < -0.39 is 0 Å². The zero-order valence-electron chi connectivity index (χ0n) is 12.7. The molecule has 0 spiro atoms. The number of hydrogen-bond acceptors (Lipinski definition) is 5. The standard InChI is InChI=1S/C15H22N4O2/c1-3-4-11-5-16-15(17-6-11)19-7-12-9-21-10-13(8-19)18(2)14(12)20/h5-6,12-13H,3-4,7-10H2,1-2H3/t12-,13+/m1/s1. The highest BCUT2D eigenvalue weighted by molar-refractivity contribution is 5.80. The van der Waals surface area contributed by atoms with Crippen molar-refractivity contribution in [2.24, 2.45) is 5.92 Å². The van der Waals surface area contributed by atoms with Crippen molar-refractivity contribution in [3.05, 3.63) is 18.0 Å². The summed E-state index contributed by atoms with van der Waals surface area (Å²) in [6.07, 6.45) is 5.89. The molecule has 2 saturated heterocycles. The van der Waals surface area contributed by atoms with Crippen molar-refractivity contribution in [1.29, 1.82) is 0 Å². The molecule has 2 atom stereocenters. The Labute approximate surface area is 125 Å². The lowest BCUT2D eigenvalue weighted by Gasteiger charge is -2.29. The largest absolute Gasteiger partial charge is 0.378 e. The topological polar surface area (TPSA) is 58.6 Å². The molecule has 0 saturated carbocycles. The minimum atomic E-state index is -0.124. The predicted octanol–water partition coefficient (Wildman–Crippen LogP) is 0.722. The van der Waals surface area contributed by atoms with Gasteiger partial charge in [-0.05, 0) is 12.0 Å². The molecule has 1 aromatic rings. The fourth-order valence-electron chi connectivity index (χ4n) is 2.99. The van der Waals surface area contributed by atoms with Gasteiger partial charge in [-0.1, -0.05) is 13.3 Å². The van der Waals surface area contributed by atoms with E-state index in [9.17, 15) is 4.79 Å². The highest BCUT2D eigenvalue weighted by atomic mass is 16.5. The maximum atomic E-state index is 12.3. The van der Waals surface area contributed by atoms with Crippen LogP contribution < -0.4 is 4.90 Å². The van der Waals surface area contributed by atoms with E-state index in [4.69, 9.17) is 4.74 Å². The van der Waals surface area contributed by atoms with Crippen LogP contribution in [-0.4, -0.2) is 60.2 Å². The van der Waals surface area contributed by atoms with E-state index >= 15 is 0 Å². The molecule has 6 nitrogen and oxygen atoms in total. The van der Waals surface area contributed by atoms with E-state index in [0.717, 1.165) is 30.9 Å². The van der Waals surface area contributed by atoms with Gasteiger partial charge >= 0.3 is 0 Å². The first-order valence-corrected chi connectivity index (χ1v) is 7.59. The van der Waals surface area contributed by atoms with Crippen LogP contribution in [0.2, 0.25) is 0 Å². The molecule has 1 amide bonds. The number of ether oxygens (including phenoxy) is 1. The second-order valence-corrected chi connectivity index (χ2v) is 5.88. The predicted molar refractivity (Wildman–Crippen MR) is 79.1 cm³/mol. The summed E-state index contributed by atoms with van der Waals surface area (Å²) >= 11 is 0. The van der Waals surface area contributed by atoms with Crippen molar-refractivity contribution in [2.75, 3.05) is 38.3 Å². The van der Waals surface area contributed by atoms with Crippen molar-refractivity contribution in [3.63, 3.8) is 0 Å². The molecule has 3 heterocycles. The zero-order chi connectivity index (χ0) is 14.8. The van der Waals surface area contributed by atoms with Crippen LogP contribution in [0.15, 0.2) is 12.4 Å². The van der Waals surface area contributed by atoms with E-state index in [1.165, 1.54) is 0 Å². The number of rotatable bonds is 3. The monoisotopic (exact) mass is 290 g/mol. The molecule has 3 rings (SSSR count). The molecule has 0 unspecified atom stereocenters. The van der Waals surface area contributed by atoms with Gasteiger partial charge in [0.15, 0.2) is 0 Å². The lowest BCUT2D eigenvalue weighted by atomic mass is 10.1. The lowest BCUT2D eigenvalue weighted by Crippen LogP contribution is -2.43. The van der Waals surface area contributed by atoms with Crippen LogP contribution in [-0.2, 0) is 16.0 Å². The Morgan fingerprint density at radius 2 is 2.05 bits per heavy atom. The fourth-order valence-corrected chi connectivity index (χ4v) is 2.99. The summed E-state index contributed by atoms with van der Waals surface area (Å²) in [6, 6.07) is 0.0731. The summed E-state index contributed by atoms with van der Waals surface area (Å²) in [7, 11) is 1.86. The Balaban J connectivity index is 1.81. The SMILES string of the molecule is CCCc1cnc(N2C[C@@H]3COC[C@H](C2)N(C)C3=O)nc1. The van der Waals surface area contributed by atoms with Crippen molar-refractivity contribution < 1.29 is 9.53 Å². The van der Waals surface area contributed by atoms with Gasteiger partial charge in [0.1, 0.15) is 0 Å². The van der Waals surface area contributed by atoms with Crippen molar-refractivity contribution in [3.8, 4) is 0 Å². The van der Waals surface area contributed by atoms with Crippen LogP contribution in [0.3, 0.4) is 0 Å². The number of likely N-dealkylation sites (N-methyl/N-ethyl adjacent to an activating group) is 1. The molecule has 6 heteroatoms. The van der Waals surface area contributed by atoms with Crippen LogP contribution in [0.4, 0.5) is 5.95 Å². The van der Waals surface area contributed by atoms with E-state index in [-0.39, 0.29) is 17.9 Å². The van der Waals surface area contributed by atoms with E-state index in [1.54, 1.807) is 0 Å². The molecular weight excluding hydrogens is 268 g/mol. The number of carbonyl (C=O) groups is 1. The number of fused-ring (bicyclic) bond motifs is 3. The number of anilines is 1. The summed E-state index contributed by atoms with van der Waals surface area (Å²) in [4.78, 5) is 25.2. The molecule has 0 aromatic carbocycles. The van der Waals surface area contributed by atoms with Gasteiger partial charge in [-0.25, -0.2) is 9.97 Å². The molecule has 2 aliphatic heterocycles. The Kier molecular flexibility index (Phi) is 4.05. The molecule has 0 N–H and O–H groups in total. The smallest absolute Gasteiger partial charge is 0.229 e. The molecule has 114 valence electrons. The first-order valence-electron chi connectivity index (χ1n) is 7.59. The zero-order valence-corrected chi connectivity index (χ0v) is 12.7. The van der Waals surface area contributed by atoms with Gasteiger partial charge in [-0.3, -0.25) is 4.79 Å². The van der Waals surface area contributed by atoms with Gasteiger partial charge in [-0.15, -0.1) is 0 Å². The number of nitrogens with zero attached hydrogens (tertiary/aromatic N) is 4. The van der Waals surface area contributed by atoms with E-state index in [0.29, 0.717) is 19.8 Å². The van der Waals surface area contributed by atoms with Gasteiger partial charge in [0, 0.05) is 32.5 Å². The second kappa shape index (κ2) is 5.97. The maximum absolute atomic E-state index is 12.3. The van der Waals surface area contributed by atoms with Gasteiger partial charge in [-0.2, -0.15) is 0 Å². The summed E-state index contributed by atoms with van der Waals surface area (Å²) in [5.74, 6) is 0.763. The maximum Gasteiger partial charge on any atom is 0.229 e. The minimum absolute atomic E-state index is 0.0731. The molecular formula is C15H22N4O2. The number of aromatic nitrogens is 2. The third kappa shape index (κ3) is 2.85. The highest BCUT2D eigenvalue weighted by Crippen LogP contribution is 2.22. The molecule has 21 heavy (non-hydrogen) atoms. The third-order valence-corrected chi connectivity index (χ3v) is 4.26. The minimum Gasteiger partial charge on any atom is -0.378 e. The van der Waals surface area contributed by atoms with Crippen LogP contribution >= 0.6 is 0 Å². The van der Waals surface area contributed by atoms with Crippen molar-refractivity contribution >= 4 is 11.9 Å². The average Bonchev–Trinajstić information content (AvgIpc) is 2.66. The third-order valence-electron chi connectivity index (χ3n) is 4.26. The Bertz CT molecular complexity index is 505. The summed E-state index contributed by atoms with van der Waals surface area (Å²) in [5.41, 5.74) is 1.16. The molecule has 2 aliphatic rings. The first-order chi connectivity index (χ1) is 10.2. The molecule has 1 aromatic heterocycles. The normalized spacial score (nSPS) is 25.9. The first kappa shape index (κ1) is 14.3. The van der Waals surface area contributed by atoms with Gasteiger partial charge in [0.05, 0.1) is 25.2 Å². The fraction of sp³-hybridized carbons (Fsp3) is 0.667. The Morgan fingerprint density at radius 1 is 1.29 bits per heavy atom. The molecule has 2 fully saturated rings. The Morgan fingerprint density at radius 3 is 2.76 bits per heavy atom. The summed E-state index contributed by atoms with van der Waals surface area (Å²) < 4.78 is 5.61. The van der Waals surface area contributed by atoms with E-state index in [1.807, 2.05) is 24.3 Å². The van der Waals surface area contributed by atoms with Crippen LogP contribution in [0, 0.1) is 5.92 Å². The highest BCUT2D eigenvalue weighted by Gasteiger charge is 2.37. The molecule has 2 bridgehead atoms. The van der Waals surface area contributed by atoms with Crippen LogP contribution in [0.25, 0.3) is 0 Å². The summed E-state index contributed by atoms with van der Waals surface area (Å²) in [5, 5.41) is 0. The van der Waals surface area contributed by atoms with Crippen molar-refractivity contribution in [2.45, 2.75) is 25.8 Å². The van der Waals surface area contributed by atoms with Gasteiger partial charge in [0.2, 0.25) is 11.9 Å². The van der Waals surface area contributed by atoms with Gasteiger partial charge < -0.3 is 14.5 Å². The number of aryl methyl sites for hydroxylation is 1. The molecule has 0 aliphatic carbocycles. The van der Waals surface area contributed by atoms with Gasteiger partial charge in [0.25, 0.3) is 0 Å². The molecule has 0 radical (unpaired) electrons. The van der Waals surface area contributed by atoms with Crippen LogP contribution in [0.5, 0.6) is 0 Å². The van der Waals surface area contributed by atoms with Crippen LogP contribution in [0.1, 0.15) is 18.9 Å². The van der Waals surface area contributed by atoms with E-state index in [2.05, 4.69) is 21.8 Å². The number of carbonyl (C=O) groups excluding carboxylic acids is 1. The summed E-state index contributed by atoms with van der Waals surface area (Å²) in [6.45, 7) is 4.58. The van der Waals surface area contributed by atoms with Crippen molar-refractivity contribution in [1.82, 2.24) is 14.9 Å². The quantitative estimate of drug-likeness (QED) is 0.821. The number of amides is 1.